The minimum absolute atomic E-state index is 0.0412. The molecule has 1 saturated carbocycles. The molecule has 0 heterocycles. The first-order valence-corrected chi connectivity index (χ1v) is 9.48. The van der Waals surface area contributed by atoms with E-state index in [1.807, 2.05) is 20.9 Å². The van der Waals surface area contributed by atoms with Gasteiger partial charge in [0.2, 0.25) is 0 Å². The summed E-state index contributed by atoms with van der Waals surface area (Å²) in [5.74, 6) is 0.275. The molecule has 120 valence electrons. The van der Waals surface area contributed by atoms with Gasteiger partial charge in [-0.3, -0.25) is 0 Å². The highest BCUT2D eigenvalue weighted by molar-refractivity contribution is 7.91. The average Bonchev–Trinajstić information content (AvgIpc) is 2.39. The molecule has 1 fully saturated rings. The number of rotatable bonds is 8. The number of ether oxygens (including phenoxy) is 2. The van der Waals surface area contributed by atoms with E-state index in [1.165, 1.54) is 6.26 Å². The van der Waals surface area contributed by atoms with Gasteiger partial charge in [0.05, 0.1) is 11.3 Å². The van der Waals surface area contributed by atoms with Crippen LogP contribution in [0.1, 0.15) is 39.5 Å². The maximum atomic E-state index is 11.8. The van der Waals surface area contributed by atoms with E-state index >= 15 is 0 Å². The van der Waals surface area contributed by atoms with Crippen molar-refractivity contribution < 1.29 is 17.9 Å². The summed E-state index contributed by atoms with van der Waals surface area (Å²) in [6.07, 6.45) is 4.48. The lowest BCUT2D eigenvalue weighted by atomic mass is 9.83. The van der Waals surface area contributed by atoms with Crippen LogP contribution in [-0.2, 0) is 19.3 Å². The molecule has 0 aliphatic heterocycles. The Morgan fingerprint density at radius 3 is 2.25 bits per heavy atom. The second-order valence-corrected chi connectivity index (χ2v) is 7.80. The highest BCUT2D eigenvalue weighted by atomic mass is 32.2. The van der Waals surface area contributed by atoms with Gasteiger partial charge in [-0.15, -0.1) is 0 Å². The number of sulfone groups is 1. The predicted molar refractivity (Wildman–Crippen MR) is 80.5 cm³/mol. The molecule has 0 spiro atoms. The van der Waals surface area contributed by atoms with Crippen LogP contribution in [0.25, 0.3) is 0 Å². The zero-order valence-electron chi connectivity index (χ0n) is 13.1. The van der Waals surface area contributed by atoms with Gasteiger partial charge in [-0.2, -0.15) is 0 Å². The molecule has 5 nitrogen and oxygen atoms in total. The Balaban J connectivity index is 2.76. The number of hydrogen-bond acceptors (Lipinski definition) is 5. The minimum Gasteiger partial charge on any atom is -0.351 e. The zero-order valence-corrected chi connectivity index (χ0v) is 13.9. The number of likely N-dealkylation sites (N-methyl/N-ethyl adjacent to an activating group) is 1. The zero-order chi connectivity index (χ0) is 15.2. The summed E-state index contributed by atoms with van der Waals surface area (Å²) in [6.45, 7) is 5.06. The van der Waals surface area contributed by atoms with Crippen LogP contribution in [0, 0.1) is 5.92 Å². The van der Waals surface area contributed by atoms with E-state index in [0.29, 0.717) is 19.6 Å². The topological polar surface area (TPSA) is 64.6 Å². The molecule has 1 N–H and O–H groups in total. The Morgan fingerprint density at radius 1 is 1.20 bits per heavy atom. The van der Waals surface area contributed by atoms with E-state index in [9.17, 15) is 8.42 Å². The molecule has 3 unspecified atom stereocenters. The second-order valence-electron chi connectivity index (χ2n) is 5.47. The van der Waals surface area contributed by atoms with Gasteiger partial charge in [-0.05, 0) is 46.1 Å². The first kappa shape index (κ1) is 17.9. The van der Waals surface area contributed by atoms with Crippen molar-refractivity contribution in [2.24, 2.45) is 5.92 Å². The van der Waals surface area contributed by atoms with Gasteiger partial charge in [0.15, 0.2) is 6.29 Å². The first-order valence-electron chi connectivity index (χ1n) is 7.53. The molecule has 3 atom stereocenters. The lowest BCUT2D eigenvalue weighted by Gasteiger charge is -2.37. The van der Waals surface area contributed by atoms with Crippen LogP contribution in [0.2, 0.25) is 0 Å². The molecule has 6 heteroatoms. The summed E-state index contributed by atoms with van der Waals surface area (Å²) < 4.78 is 34.9. The molecule has 0 bridgehead atoms. The Bertz CT molecular complexity index is 365. The fraction of sp³-hybridized carbons (Fsp3) is 1.00. The monoisotopic (exact) mass is 307 g/mol. The van der Waals surface area contributed by atoms with Crippen LogP contribution in [0.3, 0.4) is 0 Å². The van der Waals surface area contributed by atoms with E-state index in [0.717, 1.165) is 19.3 Å². The largest absolute Gasteiger partial charge is 0.351 e. The quantitative estimate of drug-likeness (QED) is 0.690. The van der Waals surface area contributed by atoms with Gasteiger partial charge >= 0.3 is 0 Å². The molecule has 20 heavy (non-hydrogen) atoms. The molecule has 0 aromatic rings. The van der Waals surface area contributed by atoms with Crippen molar-refractivity contribution in [3.8, 4) is 0 Å². The standard InChI is InChI=1S/C14H29NO4S/c1-5-18-14(19-6-2)13(15-3)11-8-7-9-12(10-11)20(4,16)17/h11-15H,5-10H2,1-4H3. The van der Waals surface area contributed by atoms with E-state index in [2.05, 4.69) is 5.32 Å². The normalized spacial score (nSPS) is 25.9. The Kier molecular flexibility index (Phi) is 7.43. The average molecular weight is 307 g/mol. The summed E-state index contributed by atoms with van der Waals surface area (Å²) >= 11 is 0. The van der Waals surface area contributed by atoms with Crippen molar-refractivity contribution in [1.82, 2.24) is 5.32 Å². The lowest BCUT2D eigenvalue weighted by molar-refractivity contribution is -0.163. The summed E-state index contributed by atoms with van der Waals surface area (Å²) in [6, 6.07) is 0.0412. The molecule has 0 amide bonds. The Hall–Kier alpha value is -0.170. The van der Waals surface area contributed by atoms with E-state index in [4.69, 9.17) is 9.47 Å². The molecule has 1 rings (SSSR count). The van der Waals surface area contributed by atoms with E-state index in [-0.39, 0.29) is 23.5 Å². The van der Waals surface area contributed by atoms with Crippen LogP contribution in [0.4, 0.5) is 0 Å². The van der Waals surface area contributed by atoms with Gasteiger partial charge in [0.1, 0.15) is 9.84 Å². The molecule has 0 saturated heterocycles. The van der Waals surface area contributed by atoms with Gasteiger partial charge in [-0.25, -0.2) is 8.42 Å². The third-order valence-electron chi connectivity index (χ3n) is 4.07. The number of nitrogens with one attached hydrogen (secondary N) is 1. The van der Waals surface area contributed by atoms with Crippen LogP contribution in [0.15, 0.2) is 0 Å². The Labute approximate surface area is 123 Å². The molecular formula is C14H29NO4S. The van der Waals surface area contributed by atoms with E-state index < -0.39 is 9.84 Å². The summed E-state index contributed by atoms with van der Waals surface area (Å²) in [4.78, 5) is 0. The van der Waals surface area contributed by atoms with Crippen LogP contribution in [-0.4, -0.2) is 52.5 Å². The van der Waals surface area contributed by atoms with Crippen molar-refractivity contribution in [2.75, 3.05) is 26.5 Å². The molecule has 1 aliphatic rings. The van der Waals surface area contributed by atoms with Gasteiger partial charge in [0.25, 0.3) is 0 Å². The molecule has 0 radical (unpaired) electrons. The summed E-state index contributed by atoms with van der Waals surface area (Å²) in [5, 5.41) is 3.05. The SMILES string of the molecule is CCOC(OCC)C(NC)C1CCCC(S(C)(=O)=O)C1. The molecule has 0 aromatic carbocycles. The fourth-order valence-electron chi connectivity index (χ4n) is 3.07. The molecular weight excluding hydrogens is 278 g/mol. The van der Waals surface area contributed by atoms with Crippen LogP contribution in [0.5, 0.6) is 0 Å². The number of hydrogen-bond donors (Lipinski definition) is 1. The Morgan fingerprint density at radius 2 is 1.80 bits per heavy atom. The van der Waals surface area contributed by atoms with E-state index in [1.54, 1.807) is 0 Å². The summed E-state index contributed by atoms with van der Waals surface area (Å²) in [7, 11) is -1.07. The van der Waals surface area contributed by atoms with Gasteiger partial charge in [-0.1, -0.05) is 6.42 Å². The second kappa shape index (κ2) is 8.32. The van der Waals surface area contributed by atoms with Crippen molar-refractivity contribution in [3.05, 3.63) is 0 Å². The highest BCUT2D eigenvalue weighted by Gasteiger charge is 2.36. The molecule has 0 aromatic heterocycles. The highest BCUT2D eigenvalue weighted by Crippen LogP contribution is 2.32. The van der Waals surface area contributed by atoms with Crippen molar-refractivity contribution >= 4 is 9.84 Å². The van der Waals surface area contributed by atoms with Gasteiger partial charge in [0, 0.05) is 19.5 Å². The van der Waals surface area contributed by atoms with Crippen molar-refractivity contribution in [1.29, 1.82) is 0 Å². The maximum Gasteiger partial charge on any atom is 0.172 e. The van der Waals surface area contributed by atoms with Crippen molar-refractivity contribution in [3.63, 3.8) is 0 Å². The summed E-state index contributed by atoms with van der Waals surface area (Å²) in [5.41, 5.74) is 0. The van der Waals surface area contributed by atoms with Crippen LogP contribution >= 0.6 is 0 Å². The minimum atomic E-state index is -2.96. The van der Waals surface area contributed by atoms with Crippen molar-refractivity contribution in [2.45, 2.75) is 57.1 Å². The van der Waals surface area contributed by atoms with Gasteiger partial charge < -0.3 is 14.8 Å². The third-order valence-corrected chi connectivity index (χ3v) is 5.71. The smallest absolute Gasteiger partial charge is 0.172 e. The fourth-order valence-corrected chi connectivity index (χ4v) is 4.27. The lowest BCUT2D eigenvalue weighted by Crippen LogP contribution is -2.49. The predicted octanol–water partition coefficient (Wildman–Crippen LogP) is 1.58. The first-order chi connectivity index (χ1) is 9.43. The maximum absolute atomic E-state index is 11.8. The van der Waals surface area contributed by atoms with Crippen LogP contribution < -0.4 is 5.32 Å². The third kappa shape index (κ3) is 4.98. The molecule has 1 aliphatic carbocycles.